The van der Waals surface area contributed by atoms with Crippen molar-refractivity contribution < 1.29 is 0 Å². The van der Waals surface area contributed by atoms with Crippen molar-refractivity contribution in [3.05, 3.63) is 55.1 Å². The third kappa shape index (κ3) is 3.61. The maximum absolute atomic E-state index is 3.93. The van der Waals surface area contributed by atoms with Crippen LogP contribution >= 0.6 is 0 Å². The van der Waals surface area contributed by atoms with Crippen molar-refractivity contribution in [1.82, 2.24) is 0 Å². The second-order valence-corrected chi connectivity index (χ2v) is 2.96. The van der Waals surface area contributed by atoms with Crippen LogP contribution in [0.1, 0.15) is 6.42 Å². The van der Waals surface area contributed by atoms with Crippen LogP contribution in [-0.4, -0.2) is 6.54 Å². The van der Waals surface area contributed by atoms with Crippen molar-refractivity contribution in [2.45, 2.75) is 6.42 Å². The van der Waals surface area contributed by atoms with E-state index in [2.05, 4.69) is 18.5 Å². The normalized spacial score (nSPS) is 9.23. The first-order chi connectivity index (χ1) is 6.33. The molecular formula is C12H15N. The van der Waals surface area contributed by atoms with Crippen molar-refractivity contribution in [3.8, 4) is 0 Å². The van der Waals surface area contributed by atoms with Crippen LogP contribution in [0.3, 0.4) is 0 Å². The van der Waals surface area contributed by atoms with Crippen molar-refractivity contribution in [3.63, 3.8) is 0 Å². The molecule has 0 unspecified atom stereocenters. The van der Waals surface area contributed by atoms with Crippen LogP contribution in [0.2, 0.25) is 0 Å². The Morgan fingerprint density at radius 2 is 2.00 bits per heavy atom. The predicted molar refractivity (Wildman–Crippen MR) is 58.9 cm³/mol. The third-order valence-electron chi connectivity index (χ3n) is 1.75. The van der Waals surface area contributed by atoms with E-state index in [1.54, 1.807) is 0 Å². The molecule has 0 heterocycles. The van der Waals surface area contributed by atoms with E-state index in [0.717, 1.165) is 24.2 Å². The van der Waals surface area contributed by atoms with Crippen LogP contribution in [-0.2, 0) is 0 Å². The molecule has 0 aromatic heterocycles. The summed E-state index contributed by atoms with van der Waals surface area (Å²) < 4.78 is 0. The topological polar surface area (TPSA) is 12.0 Å². The predicted octanol–water partition coefficient (Wildman–Crippen LogP) is 3.23. The first kappa shape index (κ1) is 9.59. The van der Waals surface area contributed by atoms with E-state index in [1.807, 2.05) is 36.4 Å². The van der Waals surface area contributed by atoms with Crippen LogP contribution in [0, 0.1) is 0 Å². The molecule has 0 saturated heterocycles. The summed E-state index contributed by atoms with van der Waals surface area (Å²) in [7, 11) is 0. The van der Waals surface area contributed by atoms with Gasteiger partial charge in [0.1, 0.15) is 0 Å². The van der Waals surface area contributed by atoms with E-state index >= 15 is 0 Å². The number of allylic oxidation sites excluding steroid dienone is 1. The van der Waals surface area contributed by atoms with Gasteiger partial charge in [-0.15, -0.1) is 6.58 Å². The average molecular weight is 173 g/mol. The van der Waals surface area contributed by atoms with Crippen LogP contribution < -0.4 is 5.32 Å². The monoisotopic (exact) mass is 173 g/mol. The Hall–Kier alpha value is -1.50. The third-order valence-corrected chi connectivity index (χ3v) is 1.75. The molecule has 0 bridgehead atoms. The summed E-state index contributed by atoms with van der Waals surface area (Å²) in [4.78, 5) is 0. The van der Waals surface area contributed by atoms with E-state index in [9.17, 15) is 0 Å². The molecule has 1 aromatic rings. The van der Waals surface area contributed by atoms with Gasteiger partial charge >= 0.3 is 0 Å². The molecule has 0 fully saturated rings. The second kappa shape index (κ2) is 5.20. The van der Waals surface area contributed by atoms with Crippen LogP contribution in [0.15, 0.2) is 55.1 Å². The molecule has 1 heteroatoms. The summed E-state index contributed by atoms with van der Waals surface area (Å²) in [6, 6.07) is 10.1. The van der Waals surface area contributed by atoms with Gasteiger partial charge in [-0.05, 0) is 18.6 Å². The molecule has 0 saturated carbocycles. The van der Waals surface area contributed by atoms with Gasteiger partial charge in [-0.2, -0.15) is 0 Å². The number of hydrogen-bond donors (Lipinski definition) is 1. The molecule has 1 rings (SSSR count). The van der Waals surface area contributed by atoms with Crippen LogP contribution in [0.5, 0.6) is 0 Å². The molecule has 1 aromatic carbocycles. The summed E-state index contributed by atoms with van der Waals surface area (Å²) in [5.74, 6) is 0. The van der Waals surface area contributed by atoms with E-state index < -0.39 is 0 Å². The van der Waals surface area contributed by atoms with Gasteiger partial charge in [0.15, 0.2) is 0 Å². The molecule has 1 nitrogen and oxygen atoms in total. The highest BCUT2D eigenvalue weighted by Gasteiger charge is 1.91. The van der Waals surface area contributed by atoms with Gasteiger partial charge in [-0.3, -0.25) is 0 Å². The number of rotatable bonds is 5. The Kier molecular flexibility index (Phi) is 3.83. The van der Waals surface area contributed by atoms with Crippen molar-refractivity contribution in [1.29, 1.82) is 0 Å². The largest absolute Gasteiger partial charge is 0.381 e. The molecule has 0 spiro atoms. The first-order valence-corrected chi connectivity index (χ1v) is 4.39. The Labute approximate surface area is 79.8 Å². The molecule has 0 amide bonds. The molecule has 0 aliphatic heterocycles. The van der Waals surface area contributed by atoms with Gasteiger partial charge in [0.2, 0.25) is 0 Å². The molecule has 0 aliphatic rings. The molecule has 1 N–H and O–H groups in total. The zero-order chi connectivity index (χ0) is 9.52. The second-order valence-electron chi connectivity index (χ2n) is 2.96. The van der Waals surface area contributed by atoms with Gasteiger partial charge in [0, 0.05) is 12.2 Å². The Morgan fingerprint density at radius 3 is 2.62 bits per heavy atom. The van der Waals surface area contributed by atoms with Gasteiger partial charge in [-0.25, -0.2) is 0 Å². The number of nitrogens with one attached hydrogen (secondary N) is 1. The lowest BCUT2D eigenvalue weighted by atomic mass is 10.2. The summed E-state index contributed by atoms with van der Waals surface area (Å²) >= 11 is 0. The van der Waals surface area contributed by atoms with Crippen molar-refractivity contribution >= 4 is 5.69 Å². The minimum atomic E-state index is 0.816. The van der Waals surface area contributed by atoms with Gasteiger partial charge in [0.25, 0.3) is 0 Å². The minimum absolute atomic E-state index is 0.816. The fourth-order valence-corrected chi connectivity index (χ4v) is 1.06. The number of hydrogen-bond acceptors (Lipinski definition) is 1. The van der Waals surface area contributed by atoms with Gasteiger partial charge < -0.3 is 5.32 Å². The highest BCUT2D eigenvalue weighted by Crippen LogP contribution is 2.06. The molecule has 0 aliphatic carbocycles. The zero-order valence-corrected chi connectivity index (χ0v) is 7.79. The highest BCUT2D eigenvalue weighted by atomic mass is 14.9. The fraction of sp³-hybridized carbons (Fsp3) is 0.167. The van der Waals surface area contributed by atoms with Gasteiger partial charge in [-0.1, -0.05) is 36.4 Å². The molecular weight excluding hydrogens is 158 g/mol. The van der Waals surface area contributed by atoms with Crippen LogP contribution in [0.25, 0.3) is 0 Å². The maximum Gasteiger partial charge on any atom is 0.0360 e. The SMILES string of the molecule is C=CCC(=C)CNc1ccccc1. The molecule has 68 valence electrons. The van der Waals surface area contributed by atoms with Gasteiger partial charge in [0.05, 0.1) is 0 Å². The summed E-state index contributed by atoms with van der Waals surface area (Å²) in [5, 5.41) is 3.28. The Balaban J connectivity index is 2.35. The van der Waals surface area contributed by atoms with Crippen molar-refractivity contribution in [2.75, 3.05) is 11.9 Å². The Bertz CT molecular complexity index is 274. The summed E-state index contributed by atoms with van der Waals surface area (Å²) in [5.41, 5.74) is 2.28. The lowest BCUT2D eigenvalue weighted by molar-refractivity contribution is 1.13. The smallest absolute Gasteiger partial charge is 0.0360 e. The minimum Gasteiger partial charge on any atom is -0.381 e. The molecule has 0 atom stereocenters. The lowest BCUT2D eigenvalue weighted by Gasteiger charge is -2.06. The summed E-state index contributed by atoms with van der Waals surface area (Å²) in [6.45, 7) is 8.41. The summed E-state index contributed by atoms with van der Waals surface area (Å²) in [6.07, 6.45) is 2.74. The standard InChI is InChI=1S/C12H15N/c1-3-7-11(2)10-13-12-8-5-4-6-9-12/h3-6,8-9,13H,1-2,7,10H2. The van der Waals surface area contributed by atoms with Crippen LogP contribution in [0.4, 0.5) is 5.69 Å². The maximum atomic E-state index is 3.93. The molecule has 0 radical (unpaired) electrons. The lowest BCUT2D eigenvalue weighted by Crippen LogP contribution is -2.02. The number of anilines is 1. The fourth-order valence-electron chi connectivity index (χ4n) is 1.06. The van der Waals surface area contributed by atoms with E-state index in [-0.39, 0.29) is 0 Å². The number of benzene rings is 1. The first-order valence-electron chi connectivity index (χ1n) is 4.39. The highest BCUT2D eigenvalue weighted by molar-refractivity contribution is 5.43. The zero-order valence-electron chi connectivity index (χ0n) is 7.79. The van der Waals surface area contributed by atoms with E-state index in [0.29, 0.717) is 0 Å². The average Bonchev–Trinajstić information content (AvgIpc) is 2.17. The molecule has 13 heavy (non-hydrogen) atoms. The van der Waals surface area contributed by atoms with E-state index in [4.69, 9.17) is 0 Å². The quantitative estimate of drug-likeness (QED) is 0.674. The van der Waals surface area contributed by atoms with Crippen molar-refractivity contribution in [2.24, 2.45) is 0 Å². The Morgan fingerprint density at radius 1 is 1.31 bits per heavy atom. The van der Waals surface area contributed by atoms with E-state index in [1.165, 1.54) is 0 Å². The number of para-hydroxylation sites is 1.